The third kappa shape index (κ3) is 3.60. The fraction of sp³-hybridized carbons (Fsp3) is 0.550. The molecule has 28 heavy (non-hydrogen) atoms. The predicted octanol–water partition coefficient (Wildman–Crippen LogP) is 2.15. The number of carbonyl (C=O) groups excluding carboxylic acids is 3. The Bertz CT molecular complexity index is 821. The van der Waals surface area contributed by atoms with Gasteiger partial charge < -0.3 is 15.1 Å². The minimum absolute atomic E-state index is 0.00534. The molecule has 2 amide bonds. The van der Waals surface area contributed by atoms with E-state index in [1.54, 1.807) is 17.0 Å². The summed E-state index contributed by atoms with van der Waals surface area (Å²) in [6.07, 6.45) is 2.43. The van der Waals surface area contributed by atoms with Crippen LogP contribution < -0.4 is 10.2 Å². The predicted molar refractivity (Wildman–Crippen MR) is 103 cm³/mol. The molecule has 3 aliphatic rings. The first kappa shape index (κ1) is 19.2. The number of piperazine rings is 1. The van der Waals surface area contributed by atoms with E-state index in [0.29, 0.717) is 32.6 Å². The molecule has 1 N–H and O–H groups in total. The monoisotopic (exact) mass is 407 g/mol. The lowest BCUT2D eigenvalue weighted by molar-refractivity contribution is -0.132. The molecule has 1 unspecified atom stereocenters. The van der Waals surface area contributed by atoms with Crippen LogP contribution in [0.5, 0.6) is 0 Å². The zero-order valence-corrected chi connectivity index (χ0v) is 16.3. The number of nitrogens with one attached hydrogen (secondary N) is 1. The van der Waals surface area contributed by atoms with Crippen molar-refractivity contribution in [2.45, 2.75) is 37.6 Å². The number of amides is 2. The third-order valence-corrected chi connectivity index (χ3v) is 6.38. The molecular weight excluding hydrogens is 385 g/mol. The van der Waals surface area contributed by atoms with E-state index in [1.807, 2.05) is 0 Å². The Morgan fingerprint density at radius 2 is 1.93 bits per heavy atom. The fourth-order valence-electron chi connectivity index (χ4n) is 4.34. The summed E-state index contributed by atoms with van der Waals surface area (Å²) < 4.78 is 13.3. The van der Waals surface area contributed by atoms with Gasteiger partial charge in [0.25, 0.3) is 0 Å². The normalized spacial score (nSPS) is 25.2. The highest BCUT2D eigenvalue weighted by atomic mass is 35.5. The minimum atomic E-state index is -0.820. The van der Waals surface area contributed by atoms with E-state index < -0.39 is 11.4 Å². The molecule has 150 valence electrons. The van der Waals surface area contributed by atoms with Crippen LogP contribution in [0.2, 0.25) is 5.02 Å². The van der Waals surface area contributed by atoms with Gasteiger partial charge in [-0.05, 0) is 43.4 Å². The van der Waals surface area contributed by atoms with Crippen LogP contribution in [0.1, 0.15) is 32.1 Å². The summed E-state index contributed by atoms with van der Waals surface area (Å²) >= 11 is 5.86. The van der Waals surface area contributed by atoms with Gasteiger partial charge in [0.05, 0.1) is 11.4 Å². The number of benzene rings is 1. The van der Waals surface area contributed by atoms with Crippen molar-refractivity contribution in [2.75, 3.05) is 31.1 Å². The van der Waals surface area contributed by atoms with E-state index in [2.05, 4.69) is 10.2 Å². The van der Waals surface area contributed by atoms with Gasteiger partial charge in [-0.2, -0.15) is 0 Å². The quantitative estimate of drug-likeness (QED) is 0.759. The molecule has 0 radical (unpaired) electrons. The van der Waals surface area contributed by atoms with Crippen molar-refractivity contribution in [3.05, 3.63) is 29.0 Å². The number of nitrogens with zero attached hydrogens (tertiary/aromatic N) is 2. The lowest BCUT2D eigenvalue weighted by Crippen LogP contribution is -2.51. The van der Waals surface area contributed by atoms with Crippen LogP contribution in [0.15, 0.2) is 18.2 Å². The number of Topliss-reactive ketones (excluding diaryl/α,β-unsaturated/α-hetero) is 1. The first-order valence-electron chi connectivity index (χ1n) is 9.71. The molecule has 8 heteroatoms. The Morgan fingerprint density at radius 1 is 1.21 bits per heavy atom. The van der Waals surface area contributed by atoms with E-state index in [1.165, 1.54) is 6.07 Å². The van der Waals surface area contributed by atoms with Crippen LogP contribution in [0, 0.1) is 11.7 Å². The molecule has 1 saturated carbocycles. The molecule has 2 saturated heterocycles. The molecule has 6 nitrogen and oxygen atoms in total. The first-order valence-corrected chi connectivity index (χ1v) is 10.1. The molecule has 0 spiro atoms. The maximum absolute atomic E-state index is 13.3. The van der Waals surface area contributed by atoms with Gasteiger partial charge in [0.15, 0.2) is 5.78 Å². The van der Waals surface area contributed by atoms with Gasteiger partial charge in [-0.15, -0.1) is 0 Å². The fourth-order valence-corrected chi connectivity index (χ4v) is 4.51. The van der Waals surface area contributed by atoms with E-state index >= 15 is 0 Å². The minimum Gasteiger partial charge on any atom is -0.368 e. The van der Waals surface area contributed by atoms with Crippen molar-refractivity contribution in [1.82, 2.24) is 10.2 Å². The summed E-state index contributed by atoms with van der Waals surface area (Å²) in [6, 6.07) is 4.63. The molecule has 1 atom stereocenters. The Hall–Kier alpha value is -2.15. The van der Waals surface area contributed by atoms with Crippen LogP contribution in [-0.2, 0) is 14.4 Å². The molecule has 1 aliphatic carbocycles. The summed E-state index contributed by atoms with van der Waals surface area (Å²) in [7, 11) is 0. The molecule has 1 aromatic rings. The van der Waals surface area contributed by atoms with Crippen LogP contribution in [0.3, 0.4) is 0 Å². The number of carbonyl (C=O) groups is 3. The second-order valence-corrected chi connectivity index (χ2v) is 8.27. The van der Waals surface area contributed by atoms with E-state index in [9.17, 15) is 18.8 Å². The van der Waals surface area contributed by atoms with Gasteiger partial charge in [-0.3, -0.25) is 14.4 Å². The summed E-state index contributed by atoms with van der Waals surface area (Å²) in [4.78, 5) is 40.6. The van der Waals surface area contributed by atoms with Crippen molar-refractivity contribution in [3.63, 3.8) is 0 Å². The lowest BCUT2D eigenvalue weighted by Gasteiger charge is -2.37. The third-order valence-electron chi connectivity index (χ3n) is 6.09. The zero-order valence-electron chi connectivity index (χ0n) is 15.5. The number of rotatable bonds is 5. The Labute approximate surface area is 168 Å². The van der Waals surface area contributed by atoms with E-state index in [4.69, 9.17) is 11.6 Å². The van der Waals surface area contributed by atoms with Gasteiger partial charge in [-0.1, -0.05) is 11.6 Å². The van der Waals surface area contributed by atoms with Gasteiger partial charge in [-0.25, -0.2) is 4.39 Å². The highest BCUT2D eigenvalue weighted by Crippen LogP contribution is 2.45. The molecule has 1 aromatic carbocycles. The van der Waals surface area contributed by atoms with Gasteiger partial charge in [0.2, 0.25) is 11.8 Å². The first-order chi connectivity index (χ1) is 13.4. The van der Waals surface area contributed by atoms with Crippen LogP contribution in [-0.4, -0.2) is 54.2 Å². The molecular formula is C20H23ClFN3O3. The lowest BCUT2D eigenvalue weighted by atomic mass is 9.85. The van der Waals surface area contributed by atoms with Gasteiger partial charge in [0.1, 0.15) is 11.4 Å². The van der Waals surface area contributed by atoms with Crippen LogP contribution in [0.4, 0.5) is 10.1 Å². The Morgan fingerprint density at radius 3 is 2.50 bits per heavy atom. The maximum Gasteiger partial charge on any atom is 0.228 e. The summed E-state index contributed by atoms with van der Waals surface area (Å²) in [5.74, 6) is -0.552. The topological polar surface area (TPSA) is 69.7 Å². The zero-order chi connectivity index (χ0) is 19.9. The second kappa shape index (κ2) is 7.35. The Balaban J connectivity index is 1.32. The van der Waals surface area contributed by atoms with E-state index in [0.717, 1.165) is 18.5 Å². The SMILES string of the molecule is O=C1CC(=O)C(CCC(=O)N2CCN(c3ccc(F)c(Cl)c3)CC2)(C2CC2)N1. The second-order valence-electron chi connectivity index (χ2n) is 7.86. The molecule has 2 aliphatic heterocycles. The standard InChI is InChI=1S/C20H23ClFN3O3/c21-15-11-14(3-4-16(15)22)24-7-9-25(10-8-24)19(28)5-6-20(13-1-2-13)17(26)12-18(27)23-20/h3-4,11,13H,1-2,5-10,12H2,(H,23,27). The molecule has 4 rings (SSSR count). The van der Waals surface area contributed by atoms with Crippen molar-refractivity contribution >= 4 is 34.9 Å². The van der Waals surface area contributed by atoms with Gasteiger partial charge >= 0.3 is 0 Å². The summed E-state index contributed by atoms with van der Waals surface area (Å²) in [5, 5.41) is 2.95. The van der Waals surface area contributed by atoms with Crippen LogP contribution >= 0.6 is 11.6 Å². The highest BCUT2D eigenvalue weighted by Gasteiger charge is 2.55. The van der Waals surface area contributed by atoms with Crippen molar-refractivity contribution in [3.8, 4) is 0 Å². The van der Waals surface area contributed by atoms with Gasteiger partial charge in [0, 0.05) is 38.3 Å². The average molecular weight is 408 g/mol. The van der Waals surface area contributed by atoms with Crippen molar-refractivity contribution in [2.24, 2.45) is 5.92 Å². The van der Waals surface area contributed by atoms with Crippen molar-refractivity contribution < 1.29 is 18.8 Å². The van der Waals surface area contributed by atoms with Crippen LogP contribution in [0.25, 0.3) is 0 Å². The highest BCUT2D eigenvalue weighted by molar-refractivity contribution is 6.31. The number of hydrogen-bond donors (Lipinski definition) is 1. The average Bonchev–Trinajstić information content (AvgIpc) is 3.48. The number of hydrogen-bond acceptors (Lipinski definition) is 4. The summed E-state index contributed by atoms with van der Waals surface area (Å²) in [5.41, 5.74) is 0.0184. The molecule has 0 bridgehead atoms. The molecule has 2 heterocycles. The summed E-state index contributed by atoms with van der Waals surface area (Å²) in [6.45, 7) is 2.39. The number of halogens is 2. The van der Waals surface area contributed by atoms with Crippen molar-refractivity contribution in [1.29, 1.82) is 0 Å². The van der Waals surface area contributed by atoms with E-state index in [-0.39, 0.29) is 41.4 Å². The molecule has 0 aromatic heterocycles. The Kier molecular flexibility index (Phi) is 5.04. The number of anilines is 1. The smallest absolute Gasteiger partial charge is 0.228 e. The largest absolute Gasteiger partial charge is 0.368 e. The molecule has 3 fully saturated rings. The number of ketones is 1. The maximum atomic E-state index is 13.3.